The van der Waals surface area contributed by atoms with E-state index in [2.05, 4.69) is 60.6 Å². The zero-order valence-corrected chi connectivity index (χ0v) is 24.0. The maximum absolute atomic E-state index is 13.7. The monoisotopic (exact) mass is 496 g/mol. The van der Waals surface area contributed by atoms with Crippen LogP contribution in [0.1, 0.15) is 113 Å². The van der Waals surface area contributed by atoms with Crippen molar-refractivity contribution in [2.24, 2.45) is 50.2 Å². The highest BCUT2D eigenvalue weighted by Crippen LogP contribution is 2.79. The zero-order chi connectivity index (χ0) is 26.2. The van der Waals surface area contributed by atoms with Gasteiger partial charge in [0.1, 0.15) is 11.7 Å². The first-order chi connectivity index (χ1) is 16.6. The number of hydrogen-bond acceptors (Lipinski definition) is 4. The van der Waals surface area contributed by atoms with Crippen molar-refractivity contribution >= 4 is 11.9 Å². The normalized spacial score (nSPS) is 53.8. The van der Waals surface area contributed by atoms with Crippen LogP contribution in [0.5, 0.6) is 0 Å². The smallest absolute Gasteiger partial charge is 0.313 e. The van der Waals surface area contributed by atoms with Gasteiger partial charge in [0.25, 0.3) is 0 Å². The first kappa shape index (κ1) is 25.0. The molecule has 2 bridgehead atoms. The Morgan fingerprint density at radius 3 is 2.31 bits per heavy atom. The molecule has 0 radical (unpaired) electrons. The van der Waals surface area contributed by atoms with E-state index >= 15 is 0 Å². The highest BCUT2D eigenvalue weighted by Gasteiger charge is 2.80. The SMILES string of the molecule is CC(=O)O[C@H]1CC[C@]2(C)[C@H]3C=C[C@]45OC(=O)[C@@]6(CCC(C)(C)C[C@H]64)CC[C@@]5(C)[C@]3(C)CC[C@H]2C1(C)C. The molecule has 1 heterocycles. The van der Waals surface area contributed by atoms with Gasteiger partial charge in [0.05, 0.1) is 5.41 Å². The molecule has 0 amide bonds. The number of esters is 2. The second kappa shape index (κ2) is 7.00. The molecule has 1 spiro atoms. The first-order valence-electron chi connectivity index (χ1n) is 14.7. The van der Waals surface area contributed by atoms with Gasteiger partial charge in [0.15, 0.2) is 0 Å². The molecule has 9 atom stereocenters. The number of hydrogen-bond donors (Lipinski definition) is 0. The van der Waals surface area contributed by atoms with Crippen LogP contribution in [-0.2, 0) is 19.1 Å². The van der Waals surface area contributed by atoms with Gasteiger partial charge in [-0.2, -0.15) is 0 Å². The summed E-state index contributed by atoms with van der Waals surface area (Å²) < 4.78 is 12.6. The Morgan fingerprint density at radius 1 is 0.917 bits per heavy atom. The largest absolute Gasteiger partial charge is 0.462 e. The van der Waals surface area contributed by atoms with Crippen molar-refractivity contribution in [3.05, 3.63) is 12.2 Å². The van der Waals surface area contributed by atoms with Crippen LogP contribution in [0.25, 0.3) is 0 Å². The van der Waals surface area contributed by atoms with Crippen molar-refractivity contribution in [3.63, 3.8) is 0 Å². The molecule has 0 aromatic carbocycles. The summed E-state index contributed by atoms with van der Waals surface area (Å²) in [6.45, 7) is 18.5. The molecular weight excluding hydrogens is 448 g/mol. The van der Waals surface area contributed by atoms with Gasteiger partial charge in [-0.05, 0) is 91.9 Å². The molecule has 0 aromatic rings. The lowest BCUT2D eigenvalue weighted by Crippen LogP contribution is -2.70. The van der Waals surface area contributed by atoms with Crippen LogP contribution in [0.15, 0.2) is 12.2 Å². The van der Waals surface area contributed by atoms with E-state index in [0.29, 0.717) is 11.8 Å². The zero-order valence-electron chi connectivity index (χ0n) is 24.0. The Morgan fingerprint density at radius 2 is 1.61 bits per heavy atom. The van der Waals surface area contributed by atoms with Crippen LogP contribution < -0.4 is 0 Å². The third-order valence-electron chi connectivity index (χ3n) is 13.7. The molecule has 200 valence electrons. The molecule has 5 fully saturated rings. The Hall–Kier alpha value is -1.32. The van der Waals surface area contributed by atoms with E-state index in [1.54, 1.807) is 6.92 Å². The number of rotatable bonds is 1. The number of allylic oxidation sites excluding steroid dienone is 1. The van der Waals surface area contributed by atoms with Gasteiger partial charge in [-0.1, -0.05) is 54.5 Å². The summed E-state index contributed by atoms with van der Waals surface area (Å²) in [5.74, 6) is 1.15. The summed E-state index contributed by atoms with van der Waals surface area (Å²) in [6.07, 6.45) is 14.5. The first-order valence-corrected chi connectivity index (χ1v) is 14.7. The number of carbonyl (C=O) groups excluding carboxylic acids is 2. The van der Waals surface area contributed by atoms with Crippen molar-refractivity contribution in [1.29, 1.82) is 0 Å². The van der Waals surface area contributed by atoms with Gasteiger partial charge in [0, 0.05) is 23.7 Å². The number of fused-ring (bicyclic) bond motifs is 4. The van der Waals surface area contributed by atoms with E-state index in [1.807, 2.05) is 0 Å². The van der Waals surface area contributed by atoms with E-state index in [0.717, 1.165) is 57.8 Å². The van der Waals surface area contributed by atoms with Gasteiger partial charge >= 0.3 is 11.9 Å². The van der Waals surface area contributed by atoms with Crippen LogP contribution in [0.2, 0.25) is 0 Å². The summed E-state index contributed by atoms with van der Waals surface area (Å²) >= 11 is 0. The summed E-state index contributed by atoms with van der Waals surface area (Å²) in [4.78, 5) is 25.6. The highest BCUT2D eigenvalue weighted by atomic mass is 16.6. The molecule has 6 aliphatic rings. The Bertz CT molecular complexity index is 1040. The summed E-state index contributed by atoms with van der Waals surface area (Å²) in [7, 11) is 0. The fraction of sp³-hybridized carbons (Fsp3) is 0.875. The molecule has 36 heavy (non-hydrogen) atoms. The molecular formula is C32H48O4. The van der Waals surface area contributed by atoms with E-state index < -0.39 is 5.60 Å². The molecule has 5 aliphatic carbocycles. The van der Waals surface area contributed by atoms with E-state index in [-0.39, 0.29) is 56.5 Å². The van der Waals surface area contributed by atoms with Crippen LogP contribution in [0.3, 0.4) is 0 Å². The predicted molar refractivity (Wildman–Crippen MR) is 140 cm³/mol. The second-order valence-corrected chi connectivity index (χ2v) is 15.9. The molecule has 0 aromatic heterocycles. The lowest BCUT2D eigenvalue weighted by atomic mass is 9.32. The third-order valence-corrected chi connectivity index (χ3v) is 13.7. The minimum absolute atomic E-state index is 0.0116. The summed E-state index contributed by atoms with van der Waals surface area (Å²) in [5, 5.41) is 0. The van der Waals surface area contributed by atoms with Gasteiger partial charge in [-0.15, -0.1) is 0 Å². The molecule has 1 aliphatic heterocycles. The Kier molecular flexibility index (Phi) is 4.86. The molecule has 0 N–H and O–H groups in total. The molecule has 1 saturated heterocycles. The minimum atomic E-state index is -0.473. The highest BCUT2D eigenvalue weighted by molar-refractivity contribution is 5.82. The topological polar surface area (TPSA) is 52.6 Å². The fourth-order valence-electron chi connectivity index (χ4n) is 11.5. The number of ether oxygens (including phenoxy) is 2. The van der Waals surface area contributed by atoms with E-state index in [1.165, 1.54) is 0 Å². The fourth-order valence-corrected chi connectivity index (χ4v) is 11.5. The van der Waals surface area contributed by atoms with E-state index in [4.69, 9.17) is 9.47 Å². The lowest BCUT2D eigenvalue weighted by molar-refractivity contribution is -0.244. The van der Waals surface area contributed by atoms with Crippen LogP contribution in [-0.4, -0.2) is 23.6 Å². The van der Waals surface area contributed by atoms with Crippen molar-refractivity contribution in [2.75, 3.05) is 0 Å². The average Bonchev–Trinajstić information content (AvgIpc) is 2.94. The van der Waals surface area contributed by atoms with Gasteiger partial charge in [0.2, 0.25) is 0 Å². The van der Waals surface area contributed by atoms with Crippen LogP contribution in [0.4, 0.5) is 0 Å². The summed E-state index contributed by atoms with van der Waals surface area (Å²) in [5.41, 5.74) is -0.418. The standard InChI is InChI=1S/C32H48O4/c1-20(33)35-24-11-12-28(6)21(27(24,4)5)9-13-29(7)22(28)10-14-32-23-19-26(2,3)15-17-31(23,25(34)36-32)18-16-30(29,32)8/h10,14,21-24H,9,11-13,15-19H2,1-8H3/t21-,22+,23+,24-,28-,29+,30-,31-,32-/m0/s1. The van der Waals surface area contributed by atoms with Gasteiger partial charge in [-0.3, -0.25) is 9.59 Å². The quantitative estimate of drug-likeness (QED) is 0.283. The second-order valence-electron chi connectivity index (χ2n) is 15.9. The van der Waals surface area contributed by atoms with Crippen molar-refractivity contribution in [2.45, 2.75) is 125 Å². The lowest BCUT2D eigenvalue weighted by Gasteiger charge is -2.72. The molecule has 6 rings (SSSR count). The Balaban J connectivity index is 1.45. The van der Waals surface area contributed by atoms with Crippen molar-refractivity contribution < 1.29 is 19.1 Å². The molecule has 4 saturated carbocycles. The van der Waals surface area contributed by atoms with Crippen molar-refractivity contribution in [3.8, 4) is 0 Å². The third kappa shape index (κ3) is 2.68. The van der Waals surface area contributed by atoms with Gasteiger partial charge in [-0.25, -0.2) is 0 Å². The minimum Gasteiger partial charge on any atom is -0.462 e. The summed E-state index contributed by atoms with van der Waals surface area (Å²) in [6, 6.07) is 0. The molecule has 4 heteroatoms. The maximum Gasteiger partial charge on any atom is 0.313 e. The van der Waals surface area contributed by atoms with Crippen LogP contribution in [0, 0.1) is 50.2 Å². The average molecular weight is 497 g/mol. The number of carbonyl (C=O) groups is 2. The maximum atomic E-state index is 13.7. The molecule has 0 unspecified atom stereocenters. The van der Waals surface area contributed by atoms with Gasteiger partial charge < -0.3 is 9.47 Å². The predicted octanol–water partition coefficient (Wildman–Crippen LogP) is 7.26. The molecule has 4 nitrogen and oxygen atoms in total. The van der Waals surface area contributed by atoms with E-state index in [9.17, 15) is 9.59 Å². The van der Waals surface area contributed by atoms with Crippen LogP contribution >= 0.6 is 0 Å². The van der Waals surface area contributed by atoms with Crippen molar-refractivity contribution in [1.82, 2.24) is 0 Å². The Labute approximate surface area is 218 Å².